The number of aromatic nitrogens is 1. The van der Waals surface area contributed by atoms with E-state index >= 15 is 0 Å². The monoisotopic (exact) mass is 321 g/mol. The number of amides is 1. The summed E-state index contributed by atoms with van der Waals surface area (Å²) in [6, 6.07) is 10.4. The van der Waals surface area contributed by atoms with Gasteiger partial charge < -0.3 is 10.6 Å². The summed E-state index contributed by atoms with van der Waals surface area (Å²) >= 11 is 0. The van der Waals surface area contributed by atoms with E-state index in [2.05, 4.69) is 33.8 Å². The number of benzene rings is 1. The Labute approximate surface area is 142 Å². The van der Waals surface area contributed by atoms with E-state index in [0.29, 0.717) is 17.4 Å². The zero-order chi connectivity index (χ0) is 16.4. The number of carbonyl (C=O) groups excluding carboxylic acids is 1. The van der Waals surface area contributed by atoms with Gasteiger partial charge in [-0.15, -0.1) is 0 Å². The molecule has 24 heavy (non-hydrogen) atoms. The molecule has 4 nitrogen and oxygen atoms in total. The van der Waals surface area contributed by atoms with Crippen LogP contribution in [0.1, 0.15) is 53.6 Å². The van der Waals surface area contributed by atoms with Gasteiger partial charge in [-0.2, -0.15) is 0 Å². The first-order valence-electron chi connectivity index (χ1n) is 8.94. The average molecular weight is 321 g/mol. The van der Waals surface area contributed by atoms with Crippen LogP contribution in [0.25, 0.3) is 0 Å². The lowest BCUT2D eigenvalue weighted by atomic mass is 10.1. The molecule has 2 aromatic rings. The predicted molar refractivity (Wildman–Crippen MR) is 95.7 cm³/mol. The van der Waals surface area contributed by atoms with Gasteiger partial charge in [-0.3, -0.25) is 4.79 Å². The quantitative estimate of drug-likeness (QED) is 0.895. The summed E-state index contributed by atoms with van der Waals surface area (Å²) < 4.78 is 0. The number of nitrogens with one attached hydrogen (secondary N) is 2. The fourth-order valence-corrected chi connectivity index (χ4v) is 3.81. The average Bonchev–Trinajstić information content (AvgIpc) is 3.26. The van der Waals surface area contributed by atoms with Crippen molar-refractivity contribution >= 4 is 17.4 Å². The third kappa shape index (κ3) is 3.14. The molecule has 0 unspecified atom stereocenters. The van der Waals surface area contributed by atoms with Gasteiger partial charge in [0, 0.05) is 17.9 Å². The molecule has 0 aliphatic heterocycles. The fraction of sp³-hybridized carbons (Fsp3) is 0.400. The molecule has 2 aliphatic rings. The molecule has 1 aromatic heterocycles. The number of carbonyl (C=O) groups is 1. The smallest absolute Gasteiger partial charge is 0.255 e. The summed E-state index contributed by atoms with van der Waals surface area (Å²) in [5, 5.41) is 6.48. The molecule has 0 saturated heterocycles. The van der Waals surface area contributed by atoms with Crippen LogP contribution in [-0.4, -0.2) is 16.9 Å². The second-order valence-electron chi connectivity index (χ2n) is 6.82. The van der Waals surface area contributed by atoms with E-state index in [1.54, 1.807) is 6.20 Å². The van der Waals surface area contributed by atoms with Crippen molar-refractivity contribution in [3.05, 3.63) is 53.2 Å². The Hall–Kier alpha value is -2.36. The molecule has 4 rings (SSSR count). The Morgan fingerprint density at radius 2 is 1.88 bits per heavy atom. The molecule has 1 saturated carbocycles. The Morgan fingerprint density at radius 3 is 2.75 bits per heavy atom. The van der Waals surface area contributed by atoms with Crippen LogP contribution in [0.2, 0.25) is 0 Å². The zero-order valence-electron chi connectivity index (χ0n) is 13.8. The number of fused-ring (bicyclic) bond motifs is 1. The Kier molecular flexibility index (Phi) is 4.20. The van der Waals surface area contributed by atoms with E-state index in [-0.39, 0.29) is 5.91 Å². The summed E-state index contributed by atoms with van der Waals surface area (Å²) in [6.07, 6.45) is 9.85. The summed E-state index contributed by atoms with van der Waals surface area (Å²) in [4.78, 5) is 17.0. The Morgan fingerprint density at radius 1 is 1.04 bits per heavy atom. The first-order valence-corrected chi connectivity index (χ1v) is 8.94. The van der Waals surface area contributed by atoms with E-state index in [1.165, 1.54) is 36.8 Å². The second kappa shape index (κ2) is 6.63. The number of aryl methyl sites for hydroxylation is 2. The molecule has 2 N–H and O–H groups in total. The molecule has 1 amide bonds. The minimum absolute atomic E-state index is 0.0290. The molecule has 0 spiro atoms. The van der Waals surface area contributed by atoms with Gasteiger partial charge in [-0.25, -0.2) is 4.98 Å². The van der Waals surface area contributed by atoms with Crippen LogP contribution in [0.4, 0.5) is 11.5 Å². The molecule has 2 aliphatic carbocycles. The topological polar surface area (TPSA) is 54.0 Å². The summed E-state index contributed by atoms with van der Waals surface area (Å²) in [5.74, 6) is 0.601. The molecule has 1 aromatic carbocycles. The van der Waals surface area contributed by atoms with Crippen LogP contribution in [0, 0.1) is 0 Å². The molecular formula is C20H23N3O. The molecule has 0 atom stereocenters. The summed E-state index contributed by atoms with van der Waals surface area (Å²) in [5.41, 5.74) is 4.47. The van der Waals surface area contributed by atoms with Crippen molar-refractivity contribution in [3.8, 4) is 0 Å². The third-order valence-electron chi connectivity index (χ3n) is 5.10. The lowest BCUT2D eigenvalue weighted by Gasteiger charge is -2.15. The zero-order valence-corrected chi connectivity index (χ0v) is 13.8. The molecule has 0 radical (unpaired) electrons. The largest absolute Gasteiger partial charge is 0.349 e. The van der Waals surface area contributed by atoms with E-state index in [9.17, 15) is 4.79 Å². The normalized spacial score (nSPS) is 16.8. The number of nitrogens with zero attached hydrogens (tertiary/aromatic N) is 1. The lowest BCUT2D eigenvalue weighted by molar-refractivity contribution is 0.0938. The fourth-order valence-electron chi connectivity index (χ4n) is 3.81. The van der Waals surface area contributed by atoms with Crippen LogP contribution in [0.3, 0.4) is 0 Å². The maximum Gasteiger partial charge on any atom is 0.255 e. The minimum atomic E-state index is -0.0290. The lowest BCUT2D eigenvalue weighted by Crippen LogP contribution is -2.33. The van der Waals surface area contributed by atoms with Crippen LogP contribution < -0.4 is 10.6 Å². The van der Waals surface area contributed by atoms with Crippen molar-refractivity contribution in [2.75, 3.05) is 5.32 Å². The van der Waals surface area contributed by atoms with Crippen LogP contribution >= 0.6 is 0 Å². The highest BCUT2D eigenvalue weighted by atomic mass is 16.1. The molecular weight excluding hydrogens is 298 g/mol. The number of anilines is 2. The number of rotatable bonds is 4. The van der Waals surface area contributed by atoms with E-state index in [0.717, 1.165) is 24.9 Å². The predicted octanol–water partition coefficient (Wildman–Crippen LogP) is 3.99. The minimum Gasteiger partial charge on any atom is -0.349 e. The first-order chi connectivity index (χ1) is 11.8. The molecule has 1 heterocycles. The summed E-state index contributed by atoms with van der Waals surface area (Å²) in [6.45, 7) is 0. The van der Waals surface area contributed by atoms with E-state index < -0.39 is 0 Å². The van der Waals surface area contributed by atoms with Crippen molar-refractivity contribution < 1.29 is 4.79 Å². The maximum atomic E-state index is 12.6. The van der Waals surface area contributed by atoms with Gasteiger partial charge >= 0.3 is 0 Å². The van der Waals surface area contributed by atoms with E-state index in [1.807, 2.05) is 12.1 Å². The summed E-state index contributed by atoms with van der Waals surface area (Å²) in [7, 11) is 0. The number of pyridine rings is 1. The highest BCUT2D eigenvalue weighted by Crippen LogP contribution is 2.27. The first kappa shape index (κ1) is 15.2. The van der Waals surface area contributed by atoms with Gasteiger partial charge in [-0.1, -0.05) is 18.9 Å². The van der Waals surface area contributed by atoms with Crippen molar-refractivity contribution in [3.63, 3.8) is 0 Å². The SMILES string of the molecule is O=C(NC1CCCC1)c1cccnc1Nc1ccc2c(c1)CCC2. The van der Waals surface area contributed by atoms with Gasteiger partial charge in [0.15, 0.2) is 0 Å². The van der Waals surface area contributed by atoms with Gasteiger partial charge in [0.25, 0.3) is 5.91 Å². The van der Waals surface area contributed by atoms with Crippen molar-refractivity contribution in [2.24, 2.45) is 0 Å². The van der Waals surface area contributed by atoms with Crippen LogP contribution in [-0.2, 0) is 12.8 Å². The van der Waals surface area contributed by atoms with E-state index in [4.69, 9.17) is 0 Å². The highest BCUT2D eigenvalue weighted by molar-refractivity contribution is 5.99. The number of hydrogen-bond acceptors (Lipinski definition) is 3. The second-order valence-corrected chi connectivity index (χ2v) is 6.82. The number of hydrogen-bond donors (Lipinski definition) is 2. The highest BCUT2D eigenvalue weighted by Gasteiger charge is 2.20. The standard InChI is InChI=1S/C20H23N3O/c24-20(23-16-7-1-2-8-16)18-9-4-12-21-19(18)22-17-11-10-14-5-3-6-15(14)13-17/h4,9-13,16H,1-3,5-8H2,(H,21,22)(H,23,24). The Balaban J connectivity index is 1.53. The van der Waals surface area contributed by atoms with Crippen molar-refractivity contribution in [1.82, 2.24) is 10.3 Å². The van der Waals surface area contributed by atoms with Crippen LogP contribution in [0.5, 0.6) is 0 Å². The van der Waals surface area contributed by atoms with Crippen molar-refractivity contribution in [2.45, 2.75) is 51.0 Å². The van der Waals surface area contributed by atoms with Gasteiger partial charge in [-0.05, 0) is 67.5 Å². The molecule has 1 fully saturated rings. The van der Waals surface area contributed by atoms with Crippen LogP contribution in [0.15, 0.2) is 36.5 Å². The molecule has 0 bridgehead atoms. The molecule has 124 valence electrons. The third-order valence-corrected chi connectivity index (χ3v) is 5.10. The van der Waals surface area contributed by atoms with Crippen molar-refractivity contribution in [1.29, 1.82) is 0 Å². The van der Waals surface area contributed by atoms with Gasteiger partial charge in [0.05, 0.1) is 5.56 Å². The van der Waals surface area contributed by atoms with Gasteiger partial charge in [0.2, 0.25) is 0 Å². The maximum absolute atomic E-state index is 12.6. The van der Waals surface area contributed by atoms with Gasteiger partial charge in [0.1, 0.15) is 5.82 Å². The Bertz CT molecular complexity index is 750. The molecule has 4 heteroatoms.